The minimum Gasteiger partial charge on any atom is -0.377 e. The molecule has 6 heteroatoms. The highest BCUT2D eigenvalue weighted by Gasteiger charge is 2.21. The molecule has 2 rings (SSSR count). The van der Waals surface area contributed by atoms with Crippen LogP contribution in [0.15, 0.2) is 18.2 Å². The van der Waals surface area contributed by atoms with Crippen LogP contribution in [0.25, 0.3) is 0 Å². The molecule has 1 fully saturated rings. The number of nitrogens with one attached hydrogen (secondary N) is 2. The van der Waals surface area contributed by atoms with Crippen LogP contribution in [-0.2, 0) is 0 Å². The van der Waals surface area contributed by atoms with E-state index in [1.54, 1.807) is 6.07 Å². The molecule has 2 N–H and O–H groups in total. The van der Waals surface area contributed by atoms with E-state index in [-0.39, 0.29) is 17.6 Å². The predicted molar refractivity (Wildman–Crippen MR) is 72.4 cm³/mol. The number of carbonyl (C=O) groups excluding carboxylic acids is 1. The van der Waals surface area contributed by atoms with Crippen molar-refractivity contribution in [1.29, 1.82) is 0 Å². The third-order valence-corrected chi connectivity index (χ3v) is 3.40. The molecule has 0 saturated heterocycles. The van der Waals surface area contributed by atoms with Gasteiger partial charge in [-0.1, -0.05) is 12.8 Å². The van der Waals surface area contributed by atoms with Gasteiger partial charge in [0.05, 0.1) is 4.92 Å². The average Bonchev–Trinajstić information content (AvgIpc) is 2.90. The molecule has 0 spiro atoms. The molecule has 0 atom stereocenters. The second-order valence-electron chi connectivity index (χ2n) is 4.69. The van der Waals surface area contributed by atoms with E-state index in [1.165, 1.54) is 19.2 Å². The largest absolute Gasteiger partial charge is 0.377 e. The molecular weight excluding hydrogens is 246 g/mol. The van der Waals surface area contributed by atoms with Crippen molar-refractivity contribution < 1.29 is 9.72 Å². The summed E-state index contributed by atoms with van der Waals surface area (Å²) < 4.78 is 0. The average molecular weight is 263 g/mol. The molecule has 1 aromatic carbocycles. The monoisotopic (exact) mass is 263 g/mol. The van der Waals surface area contributed by atoms with Crippen LogP contribution in [-0.4, -0.2) is 23.9 Å². The topological polar surface area (TPSA) is 84.3 Å². The number of carbonyl (C=O) groups is 1. The number of benzene rings is 1. The highest BCUT2D eigenvalue weighted by molar-refractivity contribution is 5.95. The molecule has 1 aromatic rings. The van der Waals surface area contributed by atoms with Gasteiger partial charge in [-0.25, -0.2) is 0 Å². The molecule has 1 saturated carbocycles. The fourth-order valence-electron chi connectivity index (χ4n) is 2.39. The first kappa shape index (κ1) is 13.3. The number of nitro groups is 1. The number of nitro benzene ring substituents is 1. The highest BCUT2D eigenvalue weighted by Crippen LogP contribution is 2.29. The van der Waals surface area contributed by atoms with Crippen molar-refractivity contribution in [3.63, 3.8) is 0 Å². The van der Waals surface area contributed by atoms with Crippen LogP contribution < -0.4 is 10.6 Å². The van der Waals surface area contributed by atoms with Crippen molar-refractivity contribution in [1.82, 2.24) is 5.32 Å². The standard InChI is InChI=1S/C13H17N3O3/c1-14-13(17)9-6-7-12(16(18)19)11(8-9)15-10-4-2-3-5-10/h6-8,10,15H,2-5H2,1H3,(H,14,17). The number of hydrogen-bond acceptors (Lipinski definition) is 4. The van der Waals surface area contributed by atoms with Crippen molar-refractivity contribution in [2.45, 2.75) is 31.7 Å². The first-order chi connectivity index (χ1) is 9.11. The summed E-state index contributed by atoms with van der Waals surface area (Å²) in [5.74, 6) is -0.246. The Morgan fingerprint density at radius 1 is 1.37 bits per heavy atom. The minimum atomic E-state index is -0.426. The predicted octanol–water partition coefficient (Wildman–Crippen LogP) is 2.31. The Bertz CT molecular complexity index is 496. The summed E-state index contributed by atoms with van der Waals surface area (Å²) in [6.07, 6.45) is 4.31. The lowest BCUT2D eigenvalue weighted by Crippen LogP contribution is -2.19. The summed E-state index contributed by atoms with van der Waals surface area (Å²) in [5, 5.41) is 16.7. The second kappa shape index (κ2) is 5.69. The number of anilines is 1. The van der Waals surface area contributed by atoms with E-state index in [1.807, 2.05) is 0 Å². The smallest absolute Gasteiger partial charge is 0.292 e. The maximum atomic E-state index is 11.6. The van der Waals surface area contributed by atoms with Gasteiger partial charge in [-0.3, -0.25) is 14.9 Å². The summed E-state index contributed by atoms with van der Waals surface area (Å²) in [6, 6.07) is 4.66. The van der Waals surface area contributed by atoms with Gasteiger partial charge < -0.3 is 10.6 Å². The van der Waals surface area contributed by atoms with Gasteiger partial charge in [-0.05, 0) is 25.0 Å². The van der Waals surface area contributed by atoms with Crippen molar-refractivity contribution in [3.8, 4) is 0 Å². The van der Waals surface area contributed by atoms with Crippen molar-refractivity contribution in [3.05, 3.63) is 33.9 Å². The zero-order chi connectivity index (χ0) is 13.8. The first-order valence-corrected chi connectivity index (χ1v) is 6.39. The van der Waals surface area contributed by atoms with Crippen LogP contribution in [0.4, 0.5) is 11.4 Å². The molecule has 1 aliphatic rings. The zero-order valence-electron chi connectivity index (χ0n) is 10.8. The third-order valence-electron chi connectivity index (χ3n) is 3.40. The maximum Gasteiger partial charge on any atom is 0.292 e. The normalized spacial score (nSPS) is 15.2. The lowest BCUT2D eigenvalue weighted by molar-refractivity contribution is -0.384. The molecule has 0 heterocycles. The lowest BCUT2D eigenvalue weighted by atomic mass is 10.1. The molecule has 102 valence electrons. The van der Waals surface area contributed by atoms with Gasteiger partial charge in [0, 0.05) is 24.7 Å². The van der Waals surface area contributed by atoms with E-state index in [2.05, 4.69) is 10.6 Å². The Labute approximate surface area is 111 Å². The third kappa shape index (κ3) is 3.01. The van der Waals surface area contributed by atoms with E-state index >= 15 is 0 Å². The summed E-state index contributed by atoms with van der Waals surface area (Å²) in [4.78, 5) is 22.2. The molecule has 1 aliphatic carbocycles. The Balaban J connectivity index is 2.29. The molecule has 6 nitrogen and oxygen atoms in total. The second-order valence-corrected chi connectivity index (χ2v) is 4.69. The Morgan fingerprint density at radius 3 is 2.63 bits per heavy atom. The van der Waals surface area contributed by atoms with Crippen LogP contribution in [0.3, 0.4) is 0 Å². The number of rotatable bonds is 4. The van der Waals surface area contributed by atoms with Gasteiger partial charge >= 0.3 is 0 Å². The fourth-order valence-corrected chi connectivity index (χ4v) is 2.39. The van der Waals surface area contributed by atoms with Crippen LogP contribution in [0, 0.1) is 10.1 Å². The highest BCUT2D eigenvalue weighted by atomic mass is 16.6. The van der Waals surface area contributed by atoms with E-state index < -0.39 is 4.92 Å². The van der Waals surface area contributed by atoms with Crippen molar-refractivity contribution >= 4 is 17.3 Å². The van der Waals surface area contributed by atoms with E-state index in [0.717, 1.165) is 25.7 Å². The van der Waals surface area contributed by atoms with Gasteiger partial charge in [-0.2, -0.15) is 0 Å². The van der Waals surface area contributed by atoms with E-state index in [9.17, 15) is 14.9 Å². The lowest BCUT2D eigenvalue weighted by Gasteiger charge is -2.14. The molecule has 0 radical (unpaired) electrons. The van der Waals surface area contributed by atoms with Gasteiger partial charge in [0.25, 0.3) is 11.6 Å². The Hall–Kier alpha value is -2.11. The summed E-state index contributed by atoms with van der Waals surface area (Å²) >= 11 is 0. The maximum absolute atomic E-state index is 11.6. The summed E-state index contributed by atoms with van der Waals surface area (Å²) in [5.41, 5.74) is 0.867. The fraction of sp³-hybridized carbons (Fsp3) is 0.462. The molecular formula is C13H17N3O3. The van der Waals surface area contributed by atoms with Crippen LogP contribution in [0.1, 0.15) is 36.0 Å². The van der Waals surface area contributed by atoms with E-state index in [0.29, 0.717) is 11.3 Å². The summed E-state index contributed by atoms with van der Waals surface area (Å²) in [6.45, 7) is 0. The quantitative estimate of drug-likeness (QED) is 0.645. The van der Waals surface area contributed by atoms with E-state index in [4.69, 9.17) is 0 Å². The first-order valence-electron chi connectivity index (χ1n) is 6.39. The van der Waals surface area contributed by atoms with Gasteiger partial charge in [0.1, 0.15) is 5.69 Å². The molecule has 19 heavy (non-hydrogen) atoms. The molecule has 0 aromatic heterocycles. The Kier molecular flexibility index (Phi) is 3.99. The van der Waals surface area contributed by atoms with Gasteiger partial charge in [-0.15, -0.1) is 0 Å². The number of nitrogens with zero attached hydrogens (tertiary/aromatic N) is 1. The number of hydrogen-bond donors (Lipinski definition) is 2. The van der Waals surface area contributed by atoms with Gasteiger partial charge in [0.15, 0.2) is 0 Å². The molecule has 0 bridgehead atoms. The van der Waals surface area contributed by atoms with Crippen LogP contribution in [0.5, 0.6) is 0 Å². The van der Waals surface area contributed by atoms with Crippen LogP contribution in [0.2, 0.25) is 0 Å². The zero-order valence-corrected chi connectivity index (χ0v) is 10.8. The SMILES string of the molecule is CNC(=O)c1ccc([N+](=O)[O-])c(NC2CCCC2)c1. The summed E-state index contributed by atoms with van der Waals surface area (Å²) in [7, 11) is 1.54. The minimum absolute atomic E-state index is 0.0135. The Morgan fingerprint density at radius 2 is 2.05 bits per heavy atom. The van der Waals surface area contributed by atoms with Crippen molar-refractivity contribution in [2.24, 2.45) is 0 Å². The number of amides is 1. The molecule has 0 unspecified atom stereocenters. The van der Waals surface area contributed by atoms with Crippen molar-refractivity contribution in [2.75, 3.05) is 12.4 Å². The molecule has 0 aliphatic heterocycles. The van der Waals surface area contributed by atoms with Gasteiger partial charge in [0.2, 0.25) is 0 Å². The molecule has 1 amide bonds. The van der Waals surface area contributed by atoms with Crippen LogP contribution >= 0.6 is 0 Å².